The summed E-state index contributed by atoms with van der Waals surface area (Å²) in [6.07, 6.45) is -2.66. The van der Waals surface area contributed by atoms with Crippen molar-refractivity contribution in [3.05, 3.63) is 35.9 Å². The third-order valence-corrected chi connectivity index (χ3v) is 4.54. The van der Waals surface area contributed by atoms with E-state index in [0.29, 0.717) is 6.04 Å². The standard InChI is InChI=1S/C14H19NO2.C4H6O6/c1-11(12-7-4-3-5-8-12)15-10-6-9-13(15)14(16)17-2;5-1(3(7)8)2(6)4(9)10/h3-5,7-8,11,13H,6,9-10H2,1-2H3;1-2,5-6H,(H,7,8)(H,9,10)/t11-,13+;1-,2-/m01/s1. The second-order valence-corrected chi connectivity index (χ2v) is 6.22. The zero-order chi connectivity index (χ0) is 20.6. The summed E-state index contributed by atoms with van der Waals surface area (Å²) in [7, 11) is 1.48. The summed E-state index contributed by atoms with van der Waals surface area (Å²) in [6.45, 7) is 3.24. The van der Waals surface area contributed by atoms with Crippen LogP contribution in [-0.4, -0.2) is 65.1 Å². The Kier molecular flexibility index (Phi) is 8.86. The Balaban J connectivity index is 0.000000314. The Morgan fingerprint density at radius 1 is 1.19 bits per heavy atom. The Morgan fingerprint density at radius 2 is 1.78 bits per heavy atom. The van der Waals surface area contributed by atoms with Crippen LogP contribution in [-0.2, 0) is 19.1 Å². The highest BCUT2D eigenvalue weighted by Gasteiger charge is 2.38. The second kappa shape index (κ2) is 10.6. The van der Waals surface area contributed by atoms with E-state index in [0.717, 1.165) is 19.4 Å². The lowest BCUT2D eigenvalue weighted by atomic mass is 10.1. The third-order valence-electron chi connectivity index (χ3n) is 4.54. The first kappa shape index (κ1) is 22.6. The number of carboxylic acids is 2. The Labute approximate surface area is 156 Å². The highest BCUT2D eigenvalue weighted by molar-refractivity contribution is 5.82. The van der Waals surface area contributed by atoms with E-state index in [1.165, 1.54) is 17.6 Å². The average molecular weight is 383 g/mol. The van der Waals surface area contributed by atoms with E-state index >= 15 is 0 Å². The van der Waals surface area contributed by atoms with Gasteiger partial charge in [-0.2, -0.15) is 0 Å². The van der Waals surface area contributed by atoms with E-state index in [4.69, 9.17) is 20.1 Å². The average Bonchev–Trinajstić information content (AvgIpc) is 3.16. The van der Waals surface area contributed by atoms with Gasteiger partial charge in [0.2, 0.25) is 0 Å². The van der Waals surface area contributed by atoms with Gasteiger partial charge in [-0.3, -0.25) is 0 Å². The Bertz CT molecular complexity index is 618. The van der Waals surface area contributed by atoms with Crippen molar-refractivity contribution in [1.29, 1.82) is 0 Å². The number of aliphatic hydroxyl groups excluding tert-OH is 2. The number of aliphatic hydroxyl groups is 2. The second-order valence-electron chi connectivity index (χ2n) is 6.22. The van der Waals surface area contributed by atoms with Crippen molar-refractivity contribution in [3.8, 4) is 0 Å². The number of hydrogen-bond acceptors (Lipinski definition) is 7. The van der Waals surface area contributed by atoms with Crippen LogP contribution in [0.15, 0.2) is 30.3 Å². The van der Waals surface area contributed by atoms with E-state index in [1.54, 1.807) is 0 Å². The quantitative estimate of drug-likeness (QED) is 0.394. The lowest BCUT2D eigenvalue weighted by Gasteiger charge is -2.26. The topological polar surface area (TPSA) is 149 Å². The molecule has 1 unspecified atom stereocenters. The van der Waals surface area contributed by atoms with Gasteiger partial charge in [-0.15, -0.1) is 0 Å². The van der Waals surface area contributed by atoms with Crippen molar-refractivity contribution in [3.63, 3.8) is 0 Å². The fourth-order valence-electron chi connectivity index (χ4n) is 3.02. The smallest absolute Gasteiger partial charge is 0.364 e. The number of carboxylic acid groups (broad SMARTS) is 2. The number of quaternary nitrogens is 1. The number of carbonyl (C=O) groups is 3. The first-order chi connectivity index (χ1) is 12.7. The van der Waals surface area contributed by atoms with Crippen molar-refractivity contribution in [1.82, 2.24) is 0 Å². The van der Waals surface area contributed by atoms with Gasteiger partial charge < -0.3 is 34.9 Å². The zero-order valence-electron chi connectivity index (χ0n) is 15.2. The summed E-state index contributed by atoms with van der Waals surface area (Å²) in [5, 5.41) is 34.1. The number of carbonyl (C=O) groups excluding carboxylic acids is 2. The van der Waals surface area contributed by atoms with Gasteiger partial charge >= 0.3 is 11.9 Å². The van der Waals surface area contributed by atoms with Crippen LogP contribution in [0.3, 0.4) is 0 Å². The molecule has 1 aliphatic heterocycles. The summed E-state index contributed by atoms with van der Waals surface area (Å²) in [4.78, 5) is 32.5. The van der Waals surface area contributed by atoms with Crippen LogP contribution in [0.1, 0.15) is 31.4 Å². The number of methoxy groups -OCH3 is 1. The van der Waals surface area contributed by atoms with E-state index in [2.05, 4.69) is 31.2 Å². The molecule has 0 saturated carbocycles. The Morgan fingerprint density at radius 3 is 2.22 bits per heavy atom. The van der Waals surface area contributed by atoms with Crippen molar-refractivity contribution in [2.45, 2.75) is 44.1 Å². The molecule has 0 amide bonds. The SMILES string of the molecule is COC(=O)[C@H]1CCC[NH+]1[C@@H](C)c1ccccc1.O=C([O-])[C@H](O)[C@@H](O)C(=O)O. The maximum Gasteiger partial charge on any atom is 0.364 e. The molecule has 5 atom stereocenters. The van der Waals surface area contributed by atoms with Gasteiger partial charge in [0.1, 0.15) is 12.1 Å². The number of likely N-dealkylation sites (tertiary alicyclic amines) is 1. The maximum absolute atomic E-state index is 11.7. The summed E-state index contributed by atoms with van der Waals surface area (Å²) >= 11 is 0. The van der Waals surface area contributed by atoms with E-state index < -0.39 is 24.1 Å². The molecule has 9 nitrogen and oxygen atoms in total. The van der Waals surface area contributed by atoms with Crippen LogP contribution < -0.4 is 10.0 Å². The van der Waals surface area contributed by atoms with E-state index in [1.807, 2.05) is 6.07 Å². The van der Waals surface area contributed by atoms with Gasteiger partial charge in [0, 0.05) is 18.4 Å². The molecule has 1 aromatic rings. The molecule has 0 aliphatic carbocycles. The molecule has 0 spiro atoms. The highest BCUT2D eigenvalue weighted by Crippen LogP contribution is 2.12. The highest BCUT2D eigenvalue weighted by atomic mass is 16.5. The largest absolute Gasteiger partial charge is 0.547 e. The maximum atomic E-state index is 11.7. The van der Waals surface area contributed by atoms with Crippen molar-refractivity contribution in [2.24, 2.45) is 0 Å². The van der Waals surface area contributed by atoms with Crippen molar-refractivity contribution >= 4 is 17.9 Å². The van der Waals surface area contributed by atoms with Gasteiger partial charge in [-0.05, 0) is 6.92 Å². The third kappa shape index (κ3) is 6.31. The minimum Gasteiger partial charge on any atom is -0.547 e. The molecule has 2 rings (SSSR count). The molecule has 1 fully saturated rings. The van der Waals surface area contributed by atoms with Crippen LogP contribution in [0.5, 0.6) is 0 Å². The van der Waals surface area contributed by atoms with Crippen LogP contribution in [0, 0.1) is 0 Å². The number of aliphatic carboxylic acids is 2. The molecular formula is C18H25NO8. The first-order valence-corrected chi connectivity index (χ1v) is 8.48. The fraction of sp³-hybridized carbons (Fsp3) is 0.500. The molecule has 0 radical (unpaired) electrons. The minimum absolute atomic E-state index is 0.00945. The van der Waals surface area contributed by atoms with Crippen LogP contribution >= 0.6 is 0 Å². The lowest BCUT2D eigenvalue weighted by molar-refractivity contribution is -0.933. The van der Waals surface area contributed by atoms with Crippen LogP contribution in [0.25, 0.3) is 0 Å². The number of esters is 1. The number of benzene rings is 1. The number of nitrogens with one attached hydrogen (secondary N) is 1. The van der Waals surface area contributed by atoms with Crippen molar-refractivity contribution < 1.29 is 44.4 Å². The molecule has 0 aromatic heterocycles. The summed E-state index contributed by atoms with van der Waals surface area (Å²) in [6, 6.07) is 10.7. The number of hydrogen-bond donors (Lipinski definition) is 4. The van der Waals surface area contributed by atoms with Crippen LogP contribution in [0.2, 0.25) is 0 Å². The minimum atomic E-state index is -2.38. The van der Waals surface area contributed by atoms with Gasteiger partial charge in [0.25, 0.3) is 0 Å². The molecule has 0 bridgehead atoms. The van der Waals surface area contributed by atoms with Gasteiger partial charge in [0.05, 0.1) is 19.6 Å². The van der Waals surface area contributed by atoms with Gasteiger partial charge in [-0.25, -0.2) is 9.59 Å². The first-order valence-electron chi connectivity index (χ1n) is 8.48. The van der Waals surface area contributed by atoms with Gasteiger partial charge in [-0.1, -0.05) is 30.3 Å². The number of rotatable bonds is 6. The van der Waals surface area contributed by atoms with E-state index in [9.17, 15) is 19.5 Å². The van der Waals surface area contributed by atoms with Gasteiger partial charge in [0.15, 0.2) is 12.1 Å². The molecule has 1 aromatic carbocycles. The predicted octanol–water partition coefficient (Wildman–Crippen LogP) is -2.49. The number of ether oxygens (including phenoxy) is 1. The fourth-order valence-corrected chi connectivity index (χ4v) is 3.02. The normalized spacial score (nSPS) is 21.9. The molecule has 4 N–H and O–H groups in total. The van der Waals surface area contributed by atoms with E-state index in [-0.39, 0.29) is 12.0 Å². The molecule has 1 aliphatic rings. The molecular weight excluding hydrogens is 358 g/mol. The zero-order valence-corrected chi connectivity index (χ0v) is 15.2. The summed E-state index contributed by atoms with van der Waals surface area (Å²) in [5.41, 5.74) is 1.29. The lowest BCUT2D eigenvalue weighted by Crippen LogP contribution is -3.14. The van der Waals surface area contributed by atoms with Crippen LogP contribution in [0.4, 0.5) is 0 Å². The monoisotopic (exact) mass is 383 g/mol. The summed E-state index contributed by atoms with van der Waals surface area (Å²) in [5.74, 6) is -3.90. The molecule has 27 heavy (non-hydrogen) atoms. The predicted molar refractivity (Wildman–Crippen MR) is 90.4 cm³/mol. The summed E-state index contributed by atoms with van der Waals surface area (Å²) < 4.78 is 4.89. The Hall–Kier alpha value is -2.49. The molecule has 150 valence electrons. The van der Waals surface area contributed by atoms with Crippen molar-refractivity contribution in [2.75, 3.05) is 13.7 Å². The molecule has 9 heteroatoms. The molecule has 1 saturated heterocycles. The molecule has 1 heterocycles.